The summed E-state index contributed by atoms with van der Waals surface area (Å²) in [5.74, 6) is -0.100. The molecule has 0 aliphatic carbocycles. The van der Waals surface area contributed by atoms with Crippen LogP contribution in [0.3, 0.4) is 0 Å². The zero-order chi connectivity index (χ0) is 27.1. The summed E-state index contributed by atoms with van der Waals surface area (Å²) in [6.07, 6.45) is 2.86. The van der Waals surface area contributed by atoms with Crippen LogP contribution in [-0.2, 0) is 16.1 Å². The molecular formula is C30H26O8. The van der Waals surface area contributed by atoms with Crippen LogP contribution >= 0.6 is 0 Å². The van der Waals surface area contributed by atoms with Gasteiger partial charge in [-0.3, -0.25) is 0 Å². The summed E-state index contributed by atoms with van der Waals surface area (Å²) in [6, 6.07) is 19.2. The molecule has 0 saturated heterocycles. The maximum atomic E-state index is 12.4. The number of benzene rings is 3. The third kappa shape index (κ3) is 6.28. The van der Waals surface area contributed by atoms with Gasteiger partial charge in [0, 0.05) is 17.5 Å². The minimum atomic E-state index is -0.834. The number of esters is 2. The van der Waals surface area contributed by atoms with E-state index in [4.69, 9.17) is 23.4 Å². The highest BCUT2D eigenvalue weighted by atomic mass is 16.5. The number of fused-ring (bicyclic) bond motifs is 1. The van der Waals surface area contributed by atoms with Gasteiger partial charge >= 0.3 is 17.6 Å². The predicted molar refractivity (Wildman–Crippen MR) is 142 cm³/mol. The van der Waals surface area contributed by atoms with E-state index in [9.17, 15) is 14.4 Å². The van der Waals surface area contributed by atoms with Crippen molar-refractivity contribution in [1.82, 2.24) is 0 Å². The van der Waals surface area contributed by atoms with Gasteiger partial charge in [-0.2, -0.15) is 0 Å². The Hall–Kier alpha value is -4.85. The highest BCUT2D eigenvalue weighted by Crippen LogP contribution is 2.30. The number of ether oxygens (including phenoxy) is 4. The van der Waals surface area contributed by atoms with Crippen molar-refractivity contribution >= 4 is 29.0 Å². The quantitative estimate of drug-likeness (QED) is 0.125. The molecule has 0 spiro atoms. The molecule has 8 heteroatoms. The Morgan fingerprint density at radius 2 is 1.79 bits per heavy atom. The first kappa shape index (κ1) is 26.2. The Labute approximate surface area is 219 Å². The van der Waals surface area contributed by atoms with E-state index in [-0.39, 0.29) is 23.5 Å². The molecule has 1 aromatic heterocycles. The molecule has 0 aliphatic rings. The van der Waals surface area contributed by atoms with Crippen molar-refractivity contribution < 1.29 is 33.0 Å². The smallest absolute Gasteiger partial charge is 0.351 e. The molecular weight excluding hydrogens is 488 g/mol. The zero-order valence-electron chi connectivity index (χ0n) is 21.2. The summed E-state index contributed by atoms with van der Waals surface area (Å²) >= 11 is 0. The SMILES string of the molecule is CCOC(=O)c1cc2ccc(OC(=O)/C=C/c3ccc(OCc4ccccc4C)c(OC)c3)cc2oc1=O. The molecule has 4 aromatic rings. The van der Waals surface area contributed by atoms with Crippen LogP contribution < -0.4 is 19.8 Å². The van der Waals surface area contributed by atoms with Crippen LogP contribution in [0.4, 0.5) is 0 Å². The van der Waals surface area contributed by atoms with Crippen molar-refractivity contribution in [2.75, 3.05) is 13.7 Å². The van der Waals surface area contributed by atoms with Crippen LogP contribution in [0.15, 0.2) is 82.0 Å². The molecule has 0 aliphatic heterocycles. The van der Waals surface area contributed by atoms with Gasteiger partial charge < -0.3 is 23.4 Å². The molecule has 3 aromatic carbocycles. The number of aryl methyl sites for hydroxylation is 1. The van der Waals surface area contributed by atoms with Crippen molar-refractivity contribution in [3.63, 3.8) is 0 Å². The van der Waals surface area contributed by atoms with Gasteiger partial charge in [0.1, 0.15) is 23.5 Å². The Morgan fingerprint density at radius 1 is 0.974 bits per heavy atom. The summed E-state index contributed by atoms with van der Waals surface area (Å²) in [5, 5.41) is 0.486. The average Bonchev–Trinajstić information content (AvgIpc) is 2.91. The molecule has 38 heavy (non-hydrogen) atoms. The largest absolute Gasteiger partial charge is 0.493 e. The van der Waals surface area contributed by atoms with Gasteiger partial charge in [-0.1, -0.05) is 30.3 Å². The molecule has 0 N–H and O–H groups in total. The molecule has 1 heterocycles. The number of rotatable bonds is 9. The topological polar surface area (TPSA) is 101 Å². The highest BCUT2D eigenvalue weighted by Gasteiger charge is 2.15. The summed E-state index contributed by atoms with van der Waals surface area (Å²) < 4.78 is 26.8. The van der Waals surface area contributed by atoms with E-state index in [0.29, 0.717) is 29.1 Å². The average molecular weight is 515 g/mol. The van der Waals surface area contributed by atoms with Crippen molar-refractivity contribution in [3.05, 3.63) is 105 Å². The number of carbonyl (C=O) groups is 2. The molecule has 0 radical (unpaired) electrons. The lowest BCUT2D eigenvalue weighted by atomic mass is 10.1. The first-order valence-electron chi connectivity index (χ1n) is 11.9. The molecule has 0 saturated carbocycles. The second-order valence-corrected chi connectivity index (χ2v) is 8.25. The minimum Gasteiger partial charge on any atom is -0.493 e. The minimum absolute atomic E-state index is 0.136. The van der Waals surface area contributed by atoms with E-state index in [1.165, 1.54) is 24.3 Å². The fourth-order valence-electron chi connectivity index (χ4n) is 3.66. The fourth-order valence-corrected chi connectivity index (χ4v) is 3.66. The van der Waals surface area contributed by atoms with Crippen molar-refractivity contribution in [3.8, 4) is 17.2 Å². The van der Waals surface area contributed by atoms with E-state index in [2.05, 4.69) is 0 Å². The highest BCUT2D eigenvalue weighted by molar-refractivity contribution is 5.93. The standard InChI is InChI=1S/C30H26O8/c1-4-35-29(32)24-16-21-11-12-23(17-26(21)38-30(24)33)37-28(31)14-10-20-9-13-25(27(15-20)34-3)36-18-22-8-6-5-7-19(22)2/h5-17H,4,18H2,1-3H3/b14-10+. The first-order valence-corrected chi connectivity index (χ1v) is 11.9. The lowest BCUT2D eigenvalue weighted by Crippen LogP contribution is -2.16. The van der Waals surface area contributed by atoms with Crippen molar-refractivity contribution in [2.24, 2.45) is 0 Å². The van der Waals surface area contributed by atoms with E-state index in [1.54, 1.807) is 44.4 Å². The van der Waals surface area contributed by atoms with Gasteiger partial charge in [0.15, 0.2) is 11.5 Å². The summed E-state index contributed by atoms with van der Waals surface area (Å²) in [6.45, 7) is 4.21. The van der Waals surface area contributed by atoms with Crippen LogP contribution in [0.2, 0.25) is 0 Å². The van der Waals surface area contributed by atoms with Crippen LogP contribution in [0.25, 0.3) is 17.0 Å². The van der Waals surface area contributed by atoms with Crippen molar-refractivity contribution in [1.29, 1.82) is 0 Å². The molecule has 0 atom stereocenters. The molecule has 0 bridgehead atoms. The van der Waals surface area contributed by atoms with Crippen LogP contribution in [0, 0.1) is 6.92 Å². The fraction of sp³-hybridized carbons (Fsp3) is 0.167. The van der Waals surface area contributed by atoms with E-state index < -0.39 is 17.6 Å². The Bertz CT molecular complexity index is 1560. The molecule has 0 fully saturated rings. The van der Waals surface area contributed by atoms with Crippen molar-refractivity contribution in [2.45, 2.75) is 20.5 Å². The molecule has 0 amide bonds. The van der Waals surface area contributed by atoms with Gasteiger partial charge in [0.25, 0.3) is 0 Å². The van der Waals surface area contributed by atoms with E-state index in [0.717, 1.165) is 11.1 Å². The second kappa shape index (κ2) is 11.9. The maximum Gasteiger partial charge on any atom is 0.351 e. The number of hydrogen-bond acceptors (Lipinski definition) is 8. The second-order valence-electron chi connectivity index (χ2n) is 8.25. The van der Waals surface area contributed by atoms with E-state index >= 15 is 0 Å². The number of methoxy groups -OCH3 is 1. The Balaban J connectivity index is 1.42. The van der Waals surface area contributed by atoms with Gasteiger partial charge in [0.05, 0.1) is 13.7 Å². The van der Waals surface area contributed by atoms with Gasteiger partial charge in [0.2, 0.25) is 0 Å². The zero-order valence-corrected chi connectivity index (χ0v) is 21.2. The van der Waals surface area contributed by atoms with E-state index in [1.807, 2.05) is 31.2 Å². The van der Waals surface area contributed by atoms with Crippen LogP contribution in [0.1, 0.15) is 34.0 Å². The summed E-state index contributed by atoms with van der Waals surface area (Å²) in [5.41, 5.74) is 2.06. The predicted octanol–water partition coefficient (Wildman–Crippen LogP) is 5.48. The van der Waals surface area contributed by atoms with Gasteiger partial charge in [-0.15, -0.1) is 0 Å². The third-order valence-electron chi connectivity index (χ3n) is 5.67. The van der Waals surface area contributed by atoms with Gasteiger partial charge in [-0.25, -0.2) is 14.4 Å². The molecule has 0 unspecified atom stereocenters. The van der Waals surface area contributed by atoms with Crippen LogP contribution in [-0.4, -0.2) is 25.7 Å². The Kier molecular flexibility index (Phi) is 8.23. The number of carbonyl (C=O) groups excluding carboxylic acids is 2. The third-order valence-corrected chi connectivity index (χ3v) is 5.67. The summed E-state index contributed by atoms with van der Waals surface area (Å²) in [7, 11) is 1.55. The van der Waals surface area contributed by atoms with Gasteiger partial charge in [-0.05, 0) is 66.9 Å². The molecule has 194 valence electrons. The Morgan fingerprint density at radius 3 is 2.55 bits per heavy atom. The summed E-state index contributed by atoms with van der Waals surface area (Å²) in [4.78, 5) is 36.4. The lowest BCUT2D eigenvalue weighted by molar-refractivity contribution is -0.128. The molecule has 4 rings (SSSR count). The lowest BCUT2D eigenvalue weighted by Gasteiger charge is -2.12. The normalized spacial score (nSPS) is 10.9. The maximum absolute atomic E-state index is 12.4. The number of hydrogen-bond donors (Lipinski definition) is 0. The monoisotopic (exact) mass is 514 g/mol. The molecule has 8 nitrogen and oxygen atoms in total. The van der Waals surface area contributed by atoms with Crippen LogP contribution in [0.5, 0.6) is 17.2 Å². The first-order chi connectivity index (χ1) is 18.4.